The van der Waals surface area contributed by atoms with Crippen molar-refractivity contribution in [2.75, 3.05) is 0 Å². The molecule has 0 bridgehead atoms. The Hall–Kier alpha value is -0.790. The van der Waals surface area contributed by atoms with Gasteiger partial charge in [0, 0.05) is 0 Å². The predicted molar refractivity (Wildman–Crippen MR) is 61.7 cm³/mol. The van der Waals surface area contributed by atoms with E-state index in [1.165, 1.54) is 6.42 Å². The minimum atomic E-state index is -0.598. The summed E-state index contributed by atoms with van der Waals surface area (Å²) in [5.41, 5.74) is -0.445. The maximum absolute atomic E-state index is 11.3. The molecule has 0 spiro atoms. The van der Waals surface area contributed by atoms with Crippen molar-refractivity contribution in [3.63, 3.8) is 0 Å². The van der Waals surface area contributed by atoms with Gasteiger partial charge in [0.2, 0.25) is 0 Å². The van der Waals surface area contributed by atoms with E-state index in [0.29, 0.717) is 0 Å². The second-order valence-corrected chi connectivity index (χ2v) is 4.76. The SMILES string of the molecule is C=CCCC1(C(=O)O)CCC(CC)CC1. The Balaban J connectivity index is 2.60. The Kier molecular flexibility index (Phi) is 4.37. The van der Waals surface area contributed by atoms with Crippen molar-refractivity contribution in [1.29, 1.82) is 0 Å². The van der Waals surface area contributed by atoms with Gasteiger partial charge in [-0.3, -0.25) is 4.79 Å². The summed E-state index contributed by atoms with van der Waals surface area (Å²) in [7, 11) is 0. The molecular formula is C13H22O2. The van der Waals surface area contributed by atoms with Crippen LogP contribution >= 0.6 is 0 Å². The molecule has 2 heteroatoms. The standard InChI is InChI=1S/C13H22O2/c1-3-5-8-13(12(14)15)9-6-11(4-2)7-10-13/h3,11H,1,4-10H2,2H3,(H,14,15). The van der Waals surface area contributed by atoms with Crippen LogP contribution in [0.5, 0.6) is 0 Å². The molecular weight excluding hydrogens is 188 g/mol. The van der Waals surface area contributed by atoms with Crippen LogP contribution in [0.1, 0.15) is 51.9 Å². The van der Waals surface area contributed by atoms with Crippen molar-refractivity contribution >= 4 is 5.97 Å². The minimum absolute atomic E-state index is 0.445. The zero-order valence-corrected chi connectivity index (χ0v) is 9.67. The van der Waals surface area contributed by atoms with E-state index in [1.807, 2.05) is 6.08 Å². The lowest BCUT2D eigenvalue weighted by Gasteiger charge is -2.36. The van der Waals surface area contributed by atoms with Crippen LogP contribution in [0.25, 0.3) is 0 Å². The van der Waals surface area contributed by atoms with Gasteiger partial charge in [-0.25, -0.2) is 0 Å². The molecule has 1 saturated carbocycles. The summed E-state index contributed by atoms with van der Waals surface area (Å²) in [5, 5.41) is 9.34. The molecule has 86 valence electrons. The average Bonchev–Trinajstić information content (AvgIpc) is 2.27. The van der Waals surface area contributed by atoms with Crippen molar-refractivity contribution in [2.24, 2.45) is 11.3 Å². The largest absolute Gasteiger partial charge is 0.481 e. The van der Waals surface area contributed by atoms with Crippen LogP contribution < -0.4 is 0 Å². The third-order valence-corrected chi connectivity index (χ3v) is 3.92. The van der Waals surface area contributed by atoms with Crippen molar-refractivity contribution < 1.29 is 9.90 Å². The van der Waals surface area contributed by atoms with Gasteiger partial charge in [0.05, 0.1) is 5.41 Å². The number of carboxylic acid groups (broad SMARTS) is 1. The van der Waals surface area contributed by atoms with Gasteiger partial charge in [0.1, 0.15) is 0 Å². The fourth-order valence-electron chi connectivity index (χ4n) is 2.59. The lowest BCUT2D eigenvalue weighted by molar-refractivity contribution is -0.152. The summed E-state index contributed by atoms with van der Waals surface area (Å²) in [5.74, 6) is 0.153. The van der Waals surface area contributed by atoms with E-state index in [1.54, 1.807) is 0 Å². The van der Waals surface area contributed by atoms with Crippen molar-refractivity contribution in [1.82, 2.24) is 0 Å². The molecule has 1 aliphatic rings. The van der Waals surface area contributed by atoms with E-state index in [0.717, 1.165) is 44.4 Å². The number of rotatable bonds is 5. The highest BCUT2D eigenvalue weighted by atomic mass is 16.4. The molecule has 0 unspecified atom stereocenters. The van der Waals surface area contributed by atoms with E-state index in [2.05, 4.69) is 13.5 Å². The molecule has 0 saturated heterocycles. The molecule has 2 nitrogen and oxygen atoms in total. The van der Waals surface area contributed by atoms with E-state index in [9.17, 15) is 9.90 Å². The monoisotopic (exact) mass is 210 g/mol. The quantitative estimate of drug-likeness (QED) is 0.704. The van der Waals surface area contributed by atoms with E-state index in [-0.39, 0.29) is 0 Å². The van der Waals surface area contributed by atoms with Gasteiger partial charge >= 0.3 is 5.97 Å². The highest BCUT2D eigenvalue weighted by Crippen LogP contribution is 2.43. The molecule has 1 rings (SSSR count). The van der Waals surface area contributed by atoms with Crippen LogP contribution in [0, 0.1) is 11.3 Å². The molecule has 0 amide bonds. The lowest BCUT2D eigenvalue weighted by Crippen LogP contribution is -2.35. The molecule has 0 aliphatic heterocycles. The molecule has 15 heavy (non-hydrogen) atoms. The van der Waals surface area contributed by atoms with Crippen LogP contribution in [0.4, 0.5) is 0 Å². The molecule has 1 fully saturated rings. The molecule has 0 atom stereocenters. The summed E-state index contributed by atoms with van der Waals surface area (Å²) in [4.78, 5) is 11.3. The van der Waals surface area contributed by atoms with Crippen LogP contribution in [0.2, 0.25) is 0 Å². The Labute approximate surface area is 92.4 Å². The lowest BCUT2D eigenvalue weighted by atomic mass is 9.67. The maximum Gasteiger partial charge on any atom is 0.309 e. The van der Waals surface area contributed by atoms with E-state index in [4.69, 9.17) is 0 Å². The van der Waals surface area contributed by atoms with Crippen LogP contribution in [0.15, 0.2) is 12.7 Å². The summed E-state index contributed by atoms with van der Waals surface area (Å²) in [6.45, 7) is 5.87. The third kappa shape index (κ3) is 2.83. The topological polar surface area (TPSA) is 37.3 Å². The number of carboxylic acids is 1. The van der Waals surface area contributed by atoms with Crippen LogP contribution in [-0.2, 0) is 4.79 Å². The second kappa shape index (κ2) is 5.34. The third-order valence-electron chi connectivity index (χ3n) is 3.92. The smallest absolute Gasteiger partial charge is 0.309 e. The number of carbonyl (C=O) groups is 1. The van der Waals surface area contributed by atoms with E-state index >= 15 is 0 Å². The maximum atomic E-state index is 11.3. The number of allylic oxidation sites excluding steroid dienone is 1. The van der Waals surface area contributed by atoms with Gasteiger partial charge < -0.3 is 5.11 Å². The summed E-state index contributed by atoms with van der Waals surface area (Å²) < 4.78 is 0. The first-order chi connectivity index (χ1) is 7.14. The van der Waals surface area contributed by atoms with Crippen molar-refractivity contribution in [2.45, 2.75) is 51.9 Å². The zero-order valence-electron chi connectivity index (χ0n) is 9.67. The van der Waals surface area contributed by atoms with Crippen LogP contribution in [-0.4, -0.2) is 11.1 Å². The minimum Gasteiger partial charge on any atom is -0.481 e. The summed E-state index contributed by atoms with van der Waals surface area (Å²) in [6, 6.07) is 0. The molecule has 1 N–H and O–H groups in total. The number of hydrogen-bond donors (Lipinski definition) is 1. The molecule has 0 aromatic heterocycles. The van der Waals surface area contributed by atoms with Gasteiger partial charge in [0.15, 0.2) is 0 Å². The first kappa shape index (κ1) is 12.3. The van der Waals surface area contributed by atoms with Gasteiger partial charge in [-0.05, 0) is 44.4 Å². The van der Waals surface area contributed by atoms with Gasteiger partial charge in [-0.15, -0.1) is 6.58 Å². The Morgan fingerprint density at radius 2 is 2.13 bits per heavy atom. The van der Waals surface area contributed by atoms with E-state index < -0.39 is 11.4 Å². The molecule has 1 aliphatic carbocycles. The van der Waals surface area contributed by atoms with Crippen molar-refractivity contribution in [3.8, 4) is 0 Å². The fourth-order valence-corrected chi connectivity index (χ4v) is 2.59. The molecule has 0 radical (unpaired) electrons. The molecule has 0 aromatic carbocycles. The van der Waals surface area contributed by atoms with Gasteiger partial charge in [0.25, 0.3) is 0 Å². The summed E-state index contributed by atoms with van der Waals surface area (Å²) in [6.07, 6.45) is 8.49. The van der Waals surface area contributed by atoms with Gasteiger partial charge in [-0.2, -0.15) is 0 Å². The summed E-state index contributed by atoms with van der Waals surface area (Å²) >= 11 is 0. The normalized spacial score (nSPS) is 31.1. The number of hydrogen-bond acceptors (Lipinski definition) is 1. The predicted octanol–water partition coefficient (Wildman–Crippen LogP) is 3.62. The Bertz CT molecular complexity index is 225. The highest BCUT2D eigenvalue weighted by molar-refractivity contribution is 5.74. The molecule has 0 aromatic rings. The second-order valence-electron chi connectivity index (χ2n) is 4.76. The van der Waals surface area contributed by atoms with Crippen molar-refractivity contribution in [3.05, 3.63) is 12.7 Å². The van der Waals surface area contributed by atoms with Gasteiger partial charge in [-0.1, -0.05) is 19.4 Å². The highest BCUT2D eigenvalue weighted by Gasteiger charge is 2.40. The Morgan fingerprint density at radius 3 is 2.53 bits per heavy atom. The first-order valence-corrected chi connectivity index (χ1v) is 5.99. The first-order valence-electron chi connectivity index (χ1n) is 5.99. The Morgan fingerprint density at radius 1 is 1.53 bits per heavy atom. The van der Waals surface area contributed by atoms with Crippen LogP contribution in [0.3, 0.4) is 0 Å². The molecule has 0 heterocycles. The zero-order chi connectivity index (χ0) is 11.3. The average molecular weight is 210 g/mol. The fraction of sp³-hybridized carbons (Fsp3) is 0.769. The number of aliphatic carboxylic acids is 1.